The van der Waals surface area contributed by atoms with Gasteiger partial charge in [-0.3, -0.25) is 4.90 Å². The van der Waals surface area contributed by atoms with Gasteiger partial charge in [0.05, 0.1) is 5.56 Å². The van der Waals surface area contributed by atoms with E-state index < -0.39 is 11.7 Å². The van der Waals surface area contributed by atoms with E-state index in [0.717, 1.165) is 36.3 Å². The summed E-state index contributed by atoms with van der Waals surface area (Å²) in [5.74, 6) is 0.233. The molecule has 128 valence electrons. The standard InChI is InChI=1S/C19H20F3NO/c20-19(21,22)17-7-4-14(5-8-17)15-6-9-18(24)16(12-15)13-23-10-2-1-3-11-23/h4-9,12,24H,1-3,10-11,13H2. The van der Waals surface area contributed by atoms with Crippen molar-refractivity contribution >= 4 is 0 Å². The van der Waals surface area contributed by atoms with Gasteiger partial charge in [-0.2, -0.15) is 13.2 Å². The van der Waals surface area contributed by atoms with Gasteiger partial charge in [0.1, 0.15) is 5.75 Å². The van der Waals surface area contributed by atoms with Gasteiger partial charge in [0.15, 0.2) is 0 Å². The predicted octanol–water partition coefficient (Wildman–Crippen LogP) is 5.06. The number of halogens is 3. The Morgan fingerprint density at radius 3 is 2.12 bits per heavy atom. The van der Waals surface area contributed by atoms with Crippen LogP contribution in [0, 0.1) is 0 Å². The van der Waals surface area contributed by atoms with Crippen molar-refractivity contribution < 1.29 is 18.3 Å². The monoisotopic (exact) mass is 335 g/mol. The number of likely N-dealkylation sites (tertiary alicyclic amines) is 1. The molecule has 5 heteroatoms. The molecule has 0 unspecified atom stereocenters. The van der Waals surface area contributed by atoms with Crippen molar-refractivity contribution in [2.75, 3.05) is 13.1 Å². The molecule has 1 N–H and O–H groups in total. The highest BCUT2D eigenvalue weighted by Crippen LogP contribution is 2.32. The van der Waals surface area contributed by atoms with Crippen LogP contribution in [0.1, 0.15) is 30.4 Å². The molecule has 24 heavy (non-hydrogen) atoms. The molecule has 2 aromatic carbocycles. The predicted molar refractivity (Wildman–Crippen MR) is 87.7 cm³/mol. The maximum absolute atomic E-state index is 12.7. The molecule has 1 saturated heterocycles. The van der Waals surface area contributed by atoms with E-state index in [9.17, 15) is 18.3 Å². The highest BCUT2D eigenvalue weighted by Gasteiger charge is 2.30. The summed E-state index contributed by atoms with van der Waals surface area (Å²) in [6.45, 7) is 2.70. The maximum Gasteiger partial charge on any atom is 0.416 e. The number of hydrogen-bond donors (Lipinski definition) is 1. The van der Waals surface area contributed by atoms with Crippen LogP contribution < -0.4 is 0 Å². The largest absolute Gasteiger partial charge is 0.508 e. The average Bonchev–Trinajstić information content (AvgIpc) is 2.57. The van der Waals surface area contributed by atoms with Crippen molar-refractivity contribution in [2.24, 2.45) is 0 Å². The molecule has 1 aliphatic rings. The maximum atomic E-state index is 12.7. The third kappa shape index (κ3) is 3.90. The van der Waals surface area contributed by atoms with Crippen LogP contribution >= 0.6 is 0 Å². The number of alkyl halides is 3. The van der Waals surface area contributed by atoms with Gasteiger partial charge in [0.25, 0.3) is 0 Å². The zero-order valence-corrected chi connectivity index (χ0v) is 13.3. The van der Waals surface area contributed by atoms with Crippen molar-refractivity contribution in [3.05, 3.63) is 53.6 Å². The van der Waals surface area contributed by atoms with Crippen LogP contribution in [-0.4, -0.2) is 23.1 Å². The van der Waals surface area contributed by atoms with Crippen LogP contribution in [0.15, 0.2) is 42.5 Å². The molecule has 0 aromatic heterocycles. The Bertz CT molecular complexity index is 689. The average molecular weight is 335 g/mol. The second-order valence-electron chi connectivity index (χ2n) is 6.26. The zero-order valence-electron chi connectivity index (χ0n) is 13.3. The molecular formula is C19H20F3NO. The summed E-state index contributed by atoms with van der Waals surface area (Å²) >= 11 is 0. The topological polar surface area (TPSA) is 23.5 Å². The molecule has 3 rings (SSSR count). The Morgan fingerprint density at radius 2 is 1.50 bits per heavy atom. The number of nitrogens with zero attached hydrogens (tertiary/aromatic N) is 1. The van der Waals surface area contributed by atoms with Gasteiger partial charge in [-0.05, 0) is 61.3 Å². The number of benzene rings is 2. The van der Waals surface area contributed by atoms with Crippen molar-refractivity contribution in [3.63, 3.8) is 0 Å². The van der Waals surface area contributed by atoms with Crippen LogP contribution in [0.5, 0.6) is 5.75 Å². The minimum absolute atomic E-state index is 0.233. The number of piperidine rings is 1. The molecular weight excluding hydrogens is 315 g/mol. The number of phenols is 1. The normalized spacial score (nSPS) is 16.3. The molecule has 2 nitrogen and oxygen atoms in total. The quantitative estimate of drug-likeness (QED) is 0.847. The van der Waals surface area contributed by atoms with Crippen molar-refractivity contribution in [2.45, 2.75) is 32.0 Å². The fourth-order valence-corrected chi connectivity index (χ4v) is 3.10. The van der Waals surface area contributed by atoms with E-state index in [1.165, 1.54) is 31.4 Å². The van der Waals surface area contributed by atoms with E-state index >= 15 is 0 Å². The molecule has 0 atom stereocenters. The SMILES string of the molecule is Oc1ccc(-c2ccc(C(F)(F)F)cc2)cc1CN1CCCCC1. The molecule has 0 radical (unpaired) electrons. The van der Waals surface area contributed by atoms with E-state index in [-0.39, 0.29) is 5.75 Å². The second kappa shape index (κ2) is 6.85. The number of phenolic OH excluding ortho intramolecular Hbond substituents is 1. The molecule has 0 bridgehead atoms. The molecule has 0 saturated carbocycles. The Hall–Kier alpha value is -2.01. The van der Waals surface area contributed by atoms with Gasteiger partial charge in [-0.25, -0.2) is 0 Å². The third-order valence-corrected chi connectivity index (χ3v) is 4.47. The lowest BCUT2D eigenvalue weighted by molar-refractivity contribution is -0.137. The van der Waals surface area contributed by atoms with E-state index in [4.69, 9.17) is 0 Å². The first kappa shape index (κ1) is 16.8. The van der Waals surface area contributed by atoms with E-state index in [1.807, 2.05) is 6.07 Å². The van der Waals surface area contributed by atoms with Crippen LogP contribution in [0.4, 0.5) is 13.2 Å². The molecule has 0 amide bonds. The minimum atomic E-state index is -4.33. The van der Waals surface area contributed by atoms with Crippen LogP contribution in [0.2, 0.25) is 0 Å². The Labute approximate surface area is 139 Å². The number of aromatic hydroxyl groups is 1. The van der Waals surface area contributed by atoms with Gasteiger partial charge in [0, 0.05) is 12.1 Å². The second-order valence-corrected chi connectivity index (χ2v) is 6.26. The lowest BCUT2D eigenvalue weighted by Gasteiger charge is -2.26. The van der Waals surface area contributed by atoms with Crippen molar-refractivity contribution in [3.8, 4) is 16.9 Å². The summed E-state index contributed by atoms with van der Waals surface area (Å²) in [7, 11) is 0. The van der Waals surface area contributed by atoms with Gasteiger partial charge in [-0.15, -0.1) is 0 Å². The van der Waals surface area contributed by atoms with Crippen LogP contribution in [0.25, 0.3) is 11.1 Å². The molecule has 1 aliphatic heterocycles. The fraction of sp³-hybridized carbons (Fsp3) is 0.368. The van der Waals surface area contributed by atoms with Crippen LogP contribution in [-0.2, 0) is 12.7 Å². The molecule has 0 spiro atoms. The Morgan fingerprint density at radius 1 is 0.875 bits per heavy atom. The van der Waals surface area contributed by atoms with E-state index in [2.05, 4.69) is 4.90 Å². The Kier molecular flexibility index (Phi) is 4.81. The summed E-state index contributed by atoms with van der Waals surface area (Å²) in [4.78, 5) is 2.30. The molecule has 1 heterocycles. The summed E-state index contributed by atoms with van der Waals surface area (Å²) in [5.41, 5.74) is 1.68. The number of rotatable bonds is 3. The summed E-state index contributed by atoms with van der Waals surface area (Å²) in [6.07, 6.45) is -0.750. The minimum Gasteiger partial charge on any atom is -0.508 e. The summed E-state index contributed by atoms with van der Waals surface area (Å²) in [5, 5.41) is 10.1. The van der Waals surface area contributed by atoms with E-state index in [0.29, 0.717) is 12.1 Å². The van der Waals surface area contributed by atoms with Crippen LogP contribution in [0.3, 0.4) is 0 Å². The molecule has 2 aromatic rings. The third-order valence-electron chi connectivity index (χ3n) is 4.47. The van der Waals surface area contributed by atoms with Gasteiger partial charge in [-0.1, -0.05) is 24.6 Å². The van der Waals surface area contributed by atoms with Gasteiger partial charge >= 0.3 is 6.18 Å². The number of hydrogen-bond acceptors (Lipinski definition) is 2. The first-order valence-corrected chi connectivity index (χ1v) is 8.15. The first-order chi connectivity index (χ1) is 11.4. The van der Waals surface area contributed by atoms with Gasteiger partial charge in [0.2, 0.25) is 0 Å². The molecule has 0 aliphatic carbocycles. The highest BCUT2D eigenvalue weighted by molar-refractivity contribution is 5.66. The first-order valence-electron chi connectivity index (χ1n) is 8.15. The molecule has 1 fully saturated rings. The lowest BCUT2D eigenvalue weighted by Crippen LogP contribution is -2.29. The summed E-state index contributed by atoms with van der Waals surface area (Å²) in [6, 6.07) is 10.3. The lowest BCUT2D eigenvalue weighted by atomic mass is 10.0. The summed E-state index contributed by atoms with van der Waals surface area (Å²) < 4.78 is 38.0. The smallest absolute Gasteiger partial charge is 0.416 e. The zero-order chi connectivity index (χ0) is 17.2. The van der Waals surface area contributed by atoms with Crippen molar-refractivity contribution in [1.82, 2.24) is 4.90 Å². The van der Waals surface area contributed by atoms with Crippen molar-refractivity contribution in [1.29, 1.82) is 0 Å². The fourth-order valence-electron chi connectivity index (χ4n) is 3.10. The van der Waals surface area contributed by atoms with E-state index in [1.54, 1.807) is 12.1 Å². The highest BCUT2D eigenvalue weighted by atomic mass is 19.4. The van der Waals surface area contributed by atoms with Gasteiger partial charge < -0.3 is 5.11 Å². The Balaban J connectivity index is 1.82.